The Bertz CT molecular complexity index is 335. The molecule has 0 saturated carbocycles. The summed E-state index contributed by atoms with van der Waals surface area (Å²) in [7, 11) is 0. The van der Waals surface area contributed by atoms with Gasteiger partial charge in [0.25, 0.3) is 0 Å². The highest BCUT2D eigenvalue weighted by Gasteiger charge is 2.03. The normalized spacial score (nSPS) is 14.8. The van der Waals surface area contributed by atoms with E-state index in [9.17, 15) is 0 Å². The lowest BCUT2D eigenvalue weighted by Gasteiger charge is -1.97. The van der Waals surface area contributed by atoms with Crippen molar-refractivity contribution >= 4 is 17.7 Å². The number of hydrogen-bond acceptors (Lipinski definition) is 3. The highest BCUT2D eigenvalue weighted by atomic mass is 15.0. The van der Waals surface area contributed by atoms with Crippen LogP contribution in [-0.4, -0.2) is 18.6 Å². The van der Waals surface area contributed by atoms with Gasteiger partial charge in [0.15, 0.2) is 5.84 Å². The Balaban J connectivity index is 2.35. The molecule has 1 aromatic rings. The smallest absolute Gasteiger partial charge is 0.154 e. The molecule has 1 heterocycles. The minimum Gasteiger partial charge on any atom is -0.399 e. The molecule has 1 aromatic carbocycles. The lowest BCUT2D eigenvalue weighted by molar-refractivity contribution is 1.35. The number of amidine groups is 1. The van der Waals surface area contributed by atoms with Gasteiger partial charge < -0.3 is 5.73 Å². The molecule has 60 valence electrons. The predicted molar refractivity (Wildman–Crippen MR) is 50.8 cm³/mol. The van der Waals surface area contributed by atoms with E-state index in [1.54, 1.807) is 6.21 Å². The second-order valence-electron chi connectivity index (χ2n) is 2.60. The van der Waals surface area contributed by atoms with Crippen molar-refractivity contribution in [3.8, 4) is 0 Å². The molecule has 1 aliphatic heterocycles. The van der Waals surface area contributed by atoms with E-state index in [1.807, 2.05) is 24.3 Å². The number of anilines is 1. The van der Waals surface area contributed by atoms with Gasteiger partial charge >= 0.3 is 0 Å². The van der Waals surface area contributed by atoms with Crippen LogP contribution in [0.1, 0.15) is 5.56 Å². The minimum absolute atomic E-state index is 0.694. The maximum absolute atomic E-state index is 5.55. The first-order valence-corrected chi connectivity index (χ1v) is 3.79. The summed E-state index contributed by atoms with van der Waals surface area (Å²) in [6, 6.07) is 7.56. The van der Waals surface area contributed by atoms with E-state index >= 15 is 0 Å². The topological polar surface area (TPSA) is 50.7 Å². The number of nitrogens with two attached hydrogens (primary N) is 1. The summed E-state index contributed by atoms with van der Waals surface area (Å²) in [5.74, 6) is 0.801. The van der Waals surface area contributed by atoms with Crippen LogP contribution in [0.4, 0.5) is 5.69 Å². The van der Waals surface area contributed by atoms with Crippen LogP contribution in [0.2, 0.25) is 0 Å². The van der Waals surface area contributed by atoms with Crippen molar-refractivity contribution in [2.75, 3.05) is 12.3 Å². The summed E-state index contributed by atoms with van der Waals surface area (Å²) in [5, 5.41) is 0. The number of nitrogen functional groups attached to an aromatic ring is 1. The molecule has 0 bridgehead atoms. The van der Waals surface area contributed by atoms with E-state index in [-0.39, 0.29) is 0 Å². The fourth-order valence-corrected chi connectivity index (χ4v) is 1.09. The number of rotatable bonds is 1. The molecule has 0 aromatic heterocycles. The number of nitrogens with zero attached hydrogens (tertiary/aromatic N) is 2. The fraction of sp³-hybridized carbons (Fsp3) is 0.111. The van der Waals surface area contributed by atoms with Gasteiger partial charge in [-0.3, -0.25) is 4.99 Å². The fourth-order valence-electron chi connectivity index (χ4n) is 1.09. The van der Waals surface area contributed by atoms with Crippen LogP contribution < -0.4 is 5.73 Å². The average molecular weight is 159 g/mol. The van der Waals surface area contributed by atoms with Gasteiger partial charge in [-0.25, -0.2) is 4.99 Å². The van der Waals surface area contributed by atoms with Crippen molar-refractivity contribution in [1.29, 1.82) is 0 Å². The Morgan fingerprint density at radius 2 is 1.92 bits per heavy atom. The zero-order chi connectivity index (χ0) is 8.39. The number of benzene rings is 1. The van der Waals surface area contributed by atoms with Gasteiger partial charge in [0.05, 0.1) is 6.54 Å². The Morgan fingerprint density at radius 3 is 2.50 bits per heavy atom. The summed E-state index contributed by atoms with van der Waals surface area (Å²) in [6.45, 7) is 0.694. The lowest BCUT2D eigenvalue weighted by Crippen LogP contribution is -1.94. The van der Waals surface area contributed by atoms with E-state index in [4.69, 9.17) is 5.73 Å². The van der Waals surface area contributed by atoms with Gasteiger partial charge in [-0.15, -0.1) is 0 Å². The molecule has 3 heteroatoms. The van der Waals surface area contributed by atoms with Crippen LogP contribution in [0.3, 0.4) is 0 Å². The molecule has 12 heavy (non-hydrogen) atoms. The average Bonchev–Trinajstić information content (AvgIpc) is 2.58. The summed E-state index contributed by atoms with van der Waals surface area (Å²) < 4.78 is 0. The molecule has 1 aliphatic rings. The maximum atomic E-state index is 5.55. The Labute approximate surface area is 70.7 Å². The monoisotopic (exact) mass is 159 g/mol. The van der Waals surface area contributed by atoms with Crippen molar-refractivity contribution in [2.24, 2.45) is 9.98 Å². The standard InChI is InChI=1S/C9H9N3/c10-8-3-1-7(2-4-8)9-11-5-6-12-9/h1-5H,6,10H2. The lowest BCUT2D eigenvalue weighted by atomic mass is 10.2. The second kappa shape index (κ2) is 2.77. The Hall–Kier alpha value is -1.64. The molecular formula is C9H9N3. The van der Waals surface area contributed by atoms with Gasteiger partial charge in [-0.1, -0.05) is 0 Å². The first-order valence-electron chi connectivity index (χ1n) is 3.79. The molecule has 0 amide bonds. The van der Waals surface area contributed by atoms with Crippen molar-refractivity contribution in [2.45, 2.75) is 0 Å². The van der Waals surface area contributed by atoms with Gasteiger partial charge in [0.2, 0.25) is 0 Å². The summed E-state index contributed by atoms with van der Waals surface area (Å²) in [5.41, 5.74) is 7.34. The molecule has 0 spiro atoms. The van der Waals surface area contributed by atoms with Crippen molar-refractivity contribution in [1.82, 2.24) is 0 Å². The van der Waals surface area contributed by atoms with Crippen molar-refractivity contribution < 1.29 is 0 Å². The maximum Gasteiger partial charge on any atom is 0.154 e. The van der Waals surface area contributed by atoms with Gasteiger partial charge in [0, 0.05) is 17.5 Å². The highest BCUT2D eigenvalue weighted by Crippen LogP contribution is 2.08. The Morgan fingerprint density at radius 1 is 1.17 bits per heavy atom. The quantitative estimate of drug-likeness (QED) is 0.613. The summed E-state index contributed by atoms with van der Waals surface area (Å²) >= 11 is 0. The molecule has 2 rings (SSSR count). The molecule has 3 nitrogen and oxygen atoms in total. The predicted octanol–water partition coefficient (Wildman–Crippen LogP) is 1.10. The third kappa shape index (κ3) is 1.21. The molecule has 0 fully saturated rings. The molecule has 0 aliphatic carbocycles. The first kappa shape index (κ1) is 7.03. The second-order valence-corrected chi connectivity index (χ2v) is 2.60. The zero-order valence-corrected chi connectivity index (χ0v) is 6.57. The van der Waals surface area contributed by atoms with Crippen molar-refractivity contribution in [3.05, 3.63) is 29.8 Å². The summed E-state index contributed by atoms with van der Waals surface area (Å²) in [6.07, 6.45) is 1.80. The summed E-state index contributed by atoms with van der Waals surface area (Å²) in [4.78, 5) is 8.31. The molecule has 0 saturated heterocycles. The van der Waals surface area contributed by atoms with Crippen molar-refractivity contribution in [3.63, 3.8) is 0 Å². The molecule has 0 radical (unpaired) electrons. The molecular weight excluding hydrogens is 150 g/mol. The third-order valence-corrected chi connectivity index (χ3v) is 1.71. The minimum atomic E-state index is 0.694. The highest BCUT2D eigenvalue weighted by molar-refractivity contribution is 6.06. The SMILES string of the molecule is Nc1ccc(C2=NCC=N2)cc1. The largest absolute Gasteiger partial charge is 0.399 e. The number of hydrogen-bond donors (Lipinski definition) is 1. The third-order valence-electron chi connectivity index (χ3n) is 1.71. The van der Waals surface area contributed by atoms with E-state index < -0.39 is 0 Å². The van der Waals surface area contributed by atoms with E-state index in [0.717, 1.165) is 17.1 Å². The van der Waals surface area contributed by atoms with Gasteiger partial charge in [-0.2, -0.15) is 0 Å². The van der Waals surface area contributed by atoms with Crippen LogP contribution in [-0.2, 0) is 0 Å². The number of aliphatic imine (C=N–C) groups is 2. The van der Waals surface area contributed by atoms with Crippen LogP contribution in [0.15, 0.2) is 34.3 Å². The van der Waals surface area contributed by atoms with Crippen LogP contribution in [0.25, 0.3) is 0 Å². The molecule has 0 atom stereocenters. The Kier molecular flexibility index (Phi) is 1.63. The van der Waals surface area contributed by atoms with Crippen LogP contribution >= 0.6 is 0 Å². The molecule has 0 unspecified atom stereocenters. The zero-order valence-electron chi connectivity index (χ0n) is 6.57. The van der Waals surface area contributed by atoms with E-state index in [0.29, 0.717) is 6.54 Å². The van der Waals surface area contributed by atoms with Gasteiger partial charge in [0.1, 0.15) is 0 Å². The first-order chi connectivity index (χ1) is 5.86. The van der Waals surface area contributed by atoms with E-state index in [1.165, 1.54) is 0 Å². The van der Waals surface area contributed by atoms with Gasteiger partial charge in [-0.05, 0) is 24.3 Å². The van der Waals surface area contributed by atoms with Crippen LogP contribution in [0, 0.1) is 0 Å². The van der Waals surface area contributed by atoms with E-state index in [2.05, 4.69) is 9.98 Å². The van der Waals surface area contributed by atoms with Crippen LogP contribution in [0.5, 0.6) is 0 Å². The molecule has 2 N–H and O–H groups in total.